The number of phenols is 1. The van der Waals surface area contributed by atoms with Crippen LogP contribution in [0.1, 0.15) is 15.2 Å². The Labute approximate surface area is 158 Å². The van der Waals surface area contributed by atoms with Gasteiger partial charge in [0, 0.05) is 15.6 Å². The van der Waals surface area contributed by atoms with E-state index in [4.69, 9.17) is 21.1 Å². The smallest absolute Gasteiger partial charge is 0.283 e. The van der Waals surface area contributed by atoms with Crippen molar-refractivity contribution in [3.63, 3.8) is 0 Å². The second-order valence-corrected chi connectivity index (χ2v) is 6.64. The number of fused-ring (bicyclic) bond motifs is 1. The van der Waals surface area contributed by atoms with Crippen molar-refractivity contribution in [1.29, 1.82) is 0 Å². The zero-order valence-corrected chi connectivity index (χ0v) is 15.5. The summed E-state index contributed by atoms with van der Waals surface area (Å²) in [7, 11) is 2.86. The van der Waals surface area contributed by atoms with Crippen LogP contribution in [0.2, 0.25) is 5.02 Å². The van der Waals surface area contributed by atoms with Crippen molar-refractivity contribution in [1.82, 2.24) is 5.43 Å². The molecule has 3 aromatic rings. The average molecular weight is 391 g/mol. The van der Waals surface area contributed by atoms with Crippen molar-refractivity contribution in [2.75, 3.05) is 14.2 Å². The van der Waals surface area contributed by atoms with Gasteiger partial charge in [-0.15, -0.1) is 11.3 Å². The predicted molar refractivity (Wildman–Crippen MR) is 103 cm³/mol. The van der Waals surface area contributed by atoms with Crippen LogP contribution in [0.25, 0.3) is 10.1 Å². The van der Waals surface area contributed by atoms with Gasteiger partial charge in [0.25, 0.3) is 5.91 Å². The molecule has 0 fully saturated rings. The Kier molecular flexibility index (Phi) is 5.29. The Morgan fingerprint density at radius 3 is 2.50 bits per heavy atom. The summed E-state index contributed by atoms with van der Waals surface area (Å²) < 4.78 is 11.1. The van der Waals surface area contributed by atoms with Crippen LogP contribution in [0.3, 0.4) is 0 Å². The molecule has 0 aliphatic rings. The van der Waals surface area contributed by atoms with Gasteiger partial charge >= 0.3 is 0 Å². The highest BCUT2D eigenvalue weighted by Crippen LogP contribution is 2.37. The molecule has 2 aromatic carbocycles. The van der Waals surface area contributed by atoms with Gasteiger partial charge < -0.3 is 14.6 Å². The Morgan fingerprint density at radius 2 is 1.88 bits per heavy atom. The Bertz CT molecular complexity index is 975. The zero-order valence-electron chi connectivity index (χ0n) is 13.9. The van der Waals surface area contributed by atoms with Crippen molar-refractivity contribution < 1.29 is 19.4 Å². The number of rotatable bonds is 5. The number of ether oxygens (including phenoxy) is 2. The number of carbonyl (C=O) groups is 1. The SMILES string of the molecule is COc1cc(/C=N/NC(=O)c2sc3ccccc3c2Cl)cc(OC)c1O. The lowest BCUT2D eigenvalue weighted by atomic mass is 10.2. The molecule has 6 nitrogen and oxygen atoms in total. The summed E-state index contributed by atoms with van der Waals surface area (Å²) in [5, 5.41) is 15.1. The fourth-order valence-electron chi connectivity index (χ4n) is 2.36. The van der Waals surface area contributed by atoms with Crippen molar-refractivity contribution in [2.45, 2.75) is 0 Å². The molecular formula is C18H15ClN2O4S. The summed E-state index contributed by atoms with van der Waals surface area (Å²) >= 11 is 7.58. The lowest BCUT2D eigenvalue weighted by Crippen LogP contribution is -2.16. The Morgan fingerprint density at radius 1 is 1.23 bits per heavy atom. The van der Waals surface area contributed by atoms with Gasteiger partial charge in [0.1, 0.15) is 4.88 Å². The number of hydrazone groups is 1. The number of thiophene rings is 1. The van der Waals surface area contributed by atoms with Crippen molar-refractivity contribution in [3.05, 3.63) is 51.9 Å². The van der Waals surface area contributed by atoms with E-state index in [0.717, 1.165) is 10.1 Å². The number of benzene rings is 2. The molecule has 3 rings (SSSR count). The van der Waals surface area contributed by atoms with Crippen LogP contribution in [0.15, 0.2) is 41.5 Å². The molecule has 0 radical (unpaired) electrons. The van der Waals surface area contributed by atoms with Crippen molar-refractivity contribution >= 4 is 45.1 Å². The van der Waals surface area contributed by atoms with E-state index in [0.29, 0.717) is 15.5 Å². The van der Waals surface area contributed by atoms with Gasteiger partial charge in [0.05, 0.1) is 25.5 Å². The predicted octanol–water partition coefficient (Wildman–Crippen LogP) is 4.04. The first-order chi connectivity index (χ1) is 12.5. The number of nitrogens with one attached hydrogen (secondary N) is 1. The minimum absolute atomic E-state index is 0.103. The van der Waals surface area contributed by atoms with Crippen LogP contribution in [0, 0.1) is 0 Å². The molecule has 8 heteroatoms. The number of methoxy groups -OCH3 is 2. The second-order valence-electron chi connectivity index (χ2n) is 5.21. The number of amides is 1. The van der Waals surface area contributed by atoms with E-state index in [2.05, 4.69) is 10.5 Å². The minimum atomic E-state index is -0.398. The maximum Gasteiger partial charge on any atom is 0.283 e. The number of phenolic OH excluding ortho intramolecular Hbond substituents is 1. The third-order valence-electron chi connectivity index (χ3n) is 3.62. The number of hydrogen-bond acceptors (Lipinski definition) is 6. The first-order valence-corrected chi connectivity index (χ1v) is 8.70. The Balaban J connectivity index is 1.79. The van der Waals surface area contributed by atoms with Gasteiger partial charge in [-0.3, -0.25) is 4.79 Å². The van der Waals surface area contributed by atoms with Crippen molar-refractivity contribution in [3.8, 4) is 17.2 Å². The van der Waals surface area contributed by atoms with Gasteiger partial charge in [0.2, 0.25) is 5.75 Å². The minimum Gasteiger partial charge on any atom is -0.502 e. The van der Waals surface area contributed by atoms with E-state index in [1.165, 1.54) is 31.8 Å². The van der Waals surface area contributed by atoms with E-state index in [9.17, 15) is 9.90 Å². The summed E-state index contributed by atoms with van der Waals surface area (Å²) in [6.07, 6.45) is 1.42. The third-order valence-corrected chi connectivity index (χ3v) is 5.30. The highest BCUT2D eigenvalue weighted by Gasteiger charge is 2.16. The summed E-state index contributed by atoms with van der Waals surface area (Å²) in [6, 6.07) is 10.7. The van der Waals surface area contributed by atoms with Crippen LogP contribution >= 0.6 is 22.9 Å². The summed E-state index contributed by atoms with van der Waals surface area (Å²) in [5.41, 5.74) is 3.03. The lowest BCUT2D eigenvalue weighted by molar-refractivity contribution is 0.0959. The van der Waals surface area contributed by atoms with Gasteiger partial charge in [-0.1, -0.05) is 29.8 Å². The first-order valence-electron chi connectivity index (χ1n) is 7.50. The maximum absolute atomic E-state index is 12.3. The quantitative estimate of drug-likeness (QED) is 0.509. The molecule has 134 valence electrons. The molecule has 0 atom stereocenters. The van der Waals surface area contributed by atoms with E-state index in [-0.39, 0.29) is 17.2 Å². The molecule has 0 saturated carbocycles. The molecule has 2 N–H and O–H groups in total. The third kappa shape index (κ3) is 3.44. The van der Waals surface area contributed by atoms with Crippen LogP contribution in [-0.4, -0.2) is 31.4 Å². The highest BCUT2D eigenvalue weighted by atomic mass is 35.5. The molecule has 0 aliphatic heterocycles. The molecule has 0 saturated heterocycles. The monoisotopic (exact) mass is 390 g/mol. The number of carbonyl (C=O) groups excluding carboxylic acids is 1. The number of halogens is 1. The molecule has 1 heterocycles. The standard InChI is InChI=1S/C18H15ClN2O4S/c1-24-12-7-10(8-13(25-2)16(12)22)9-20-21-18(23)17-15(19)11-5-3-4-6-14(11)26-17/h3-9,22H,1-2H3,(H,21,23)/b20-9+. The Hall–Kier alpha value is -2.77. The zero-order chi connectivity index (χ0) is 18.7. The van der Waals surface area contributed by atoms with Gasteiger partial charge in [-0.25, -0.2) is 5.43 Å². The summed E-state index contributed by atoms with van der Waals surface area (Å²) in [5.74, 6) is -0.0206. The van der Waals surface area contributed by atoms with Crippen LogP contribution in [0.5, 0.6) is 17.2 Å². The molecule has 1 aromatic heterocycles. The topological polar surface area (TPSA) is 80.2 Å². The molecule has 26 heavy (non-hydrogen) atoms. The number of nitrogens with zero attached hydrogens (tertiary/aromatic N) is 1. The average Bonchev–Trinajstić information content (AvgIpc) is 3.00. The molecule has 0 unspecified atom stereocenters. The maximum atomic E-state index is 12.3. The van der Waals surface area contributed by atoms with E-state index >= 15 is 0 Å². The van der Waals surface area contributed by atoms with E-state index < -0.39 is 5.91 Å². The van der Waals surface area contributed by atoms with E-state index in [1.807, 2.05) is 24.3 Å². The van der Waals surface area contributed by atoms with Gasteiger partial charge in [0.15, 0.2) is 11.5 Å². The van der Waals surface area contributed by atoms with Gasteiger partial charge in [-0.05, 0) is 18.2 Å². The van der Waals surface area contributed by atoms with Crippen LogP contribution in [-0.2, 0) is 0 Å². The second kappa shape index (κ2) is 7.63. The van der Waals surface area contributed by atoms with Gasteiger partial charge in [-0.2, -0.15) is 5.10 Å². The highest BCUT2D eigenvalue weighted by molar-refractivity contribution is 7.21. The molecule has 0 spiro atoms. The largest absolute Gasteiger partial charge is 0.502 e. The first kappa shape index (κ1) is 18.0. The van der Waals surface area contributed by atoms with Crippen LogP contribution in [0.4, 0.5) is 0 Å². The lowest BCUT2D eigenvalue weighted by Gasteiger charge is -2.09. The number of aromatic hydroxyl groups is 1. The van der Waals surface area contributed by atoms with E-state index in [1.54, 1.807) is 12.1 Å². The normalized spacial score (nSPS) is 11.0. The van der Waals surface area contributed by atoms with Crippen LogP contribution < -0.4 is 14.9 Å². The molecule has 0 bridgehead atoms. The molecule has 0 aliphatic carbocycles. The van der Waals surface area contributed by atoms with Crippen molar-refractivity contribution in [2.24, 2.45) is 5.10 Å². The fraction of sp³-hybridized carbons (Fsp3) is 0.111. The molecule has 1 amide bonds. The summed E-state index contributed by atoms with van der Waals surface area (Å²) in [6.45, 7) is 0. The molecular weight excluding hydrogens is 376 g/mol. The number of hydrogen-bond donors (Lipinski definition) is 2. The fourth-order valence-corrected chi connectivity index (χ4v) is 3.77. The summed E-state index contributed by atoms with van der Waals surface area (Å²) in [4.78, 5) is 12.7.